The van der Waals surface area contributed by atoms with Gasteiger partial charge in [0.05, 0.1) is 23.4 Å². The largest absolute Gasteiger partial charge is 0.393 e. The number of rotatable bonds is 3. The van der Waals surface area contributed by atoms with Crippen molar-refractivity contribution in [1.29, 1.82) is 0 Å². The predicted molar refractivity (Wildman–Crippen MR) is 83.8 cm³/mol. The number of aliphatic hydroxyl groups excluding tert-OH is 1. The summed E-state index contributed by atoms with van der Waals surface area (Å²) >= 11 is 12.0. The molecule has 0 spiro atoms. The lowest BCUT2D eigenvalue weighted by Gasteiger charge is -2.36. The molecular weight excluding hydrogens is 311 g/mol. The molecule has 2 aliphatic rings. The zero-order valence-corrected chi connectivity index (χ0v) is 13.1. The molecule has 2 unspecified atom stereocenters. The van der Waals surface area contributed by atoms with E-state index in [4.69, 9.17) is 23.2 Å². The van der Waals surface area contributed by atoms with Crippen LogP contribution in [0.5, 0.6) is 0 Å². The predicted octanol–water partition coefficient (Wildman–Crippen LogP) is 2.92. The van der Waals surface area contributed by atoms with Gasteiger partial charge in [-0.15, -0.1) is 0 Å². The van der Waals surface area contributed by atoms with Crippen molar-refractivity contribution in [2.45, 2.75) is 43.9 Å². The van der Waals surface area contributed by atoms with Crippen molar-refractivity contribution < 1.29 is 9.90 Å². The van der Waals surface area contributed by atoms with Crippen molar-refractivity contribution in [3.63, 3.8) is 0 Å². The maximum absolute atomic E-state index is 12.2. The van der Waals surface area contributed by atoms with Gasteiger partial charge in [0.15, 0.2) is 0 Å². The molecule has 0 saturated carbocycles. The Bertz CT molecular complexity index is 538. The average molecular weight is 329 g/mol. The topological polar surface area (TPSA) is 52.6 Å². The standard InChI is InChI=1S/C15H18Cl2N2O2/c16-9-1-4-13(17)14(5-9)18-15(21)8-19-10-2-3-11(19)7-12(20)6-10/h1,4-5,10-12,20H,2-3,6-8H2,(H,18,21). The summed E-state index contributed by atoms with van der Waals surface area (Å²) in [5.41, 5.74) is 0.540. The Labute approximate surface area is 134 Å². The van der Waals surface area contributed by atoms with Gasteiger partial charge in [0.2, 0.25) is 5.91 Å². The SMILES string of the molecule is O=C(CN1C2CCC1CC(O)C2)Nc1cc(Cl)ccc1Cl. The number of hydrogen-bond donors (Lipinski definition) is 2. The smallest absolute Gasteiger partial charge is 0.238 e. The number of carbonyl (C=O) groups is 1. The normalized spacial score (nSPS) is 28.6. The van der Waals surface area contributed by atoms with Gasteiger partial charge in [0.25, 0.3) is 0 Å². The van der Waals surface area contributed by atoms with Crippen molar-refractivity contribution in [2.24, 2.45) is 0 Å². The highest BCUT2D eigenvalue weighted by Gasteiger charge is 2.40. The fourth-order valence-corrected chi connectivity index (χ4v) is 3.79. The molecular formula is C15H18Cl2N2O2. The van der Waals surface area contributed by atoms with E-state index in [1.54, 1.807) is 18.2 Å². The Kier molecular flexibility index (Phi) is 4.41. The molecule has 0 aliphatic carbocycles. The molecule has 2 atom stereocenters. The number of carbonyl (C=O) groups excluding carboxylic acids is 1. The molecule has 0 aromatic heterocycles. The Morgan fingerprint density at radius 2 is 1.95 bits per heavy atom. The molecule has 6 heteroatoms. The molecule has 2 N–H and O–H groups in total. The van der Waals surface area contributed by atoms with Crippen LogP contribution in [0.1, 0.15) is 25.7 Å². The third kappa shape index (κ3) is 3.34. The maximum Gasteiger partial charge on any atom is 0.238 e. The number of fused-ring (bicyclic) bond motifs is 2. The minimum Gasteiger partial charge on any atom is -0.393 e. The van der Waals surface area contributed by atoms with Crippen molar-refractivity contribution in [2.75, 3.05) is 11.9 Å². The van der Waals surface area contributed by atoms with Gasteiger partial charge < -0.3 is 10.4 Å². The molecule has 2 bridgehead atoms. The van der Waals surface area contributed by atoms with E-state index in [1.165, 1.54) is 0 Å². The van der Waals surface area contributed by atoms with Crippen LogP contribution >= 0.6 is 23.2 Å². The molecule has 3 rings (SSSR count). The van der Waals surface area contributed by atoms with Crippen LogP contribution in [0.15, 0.2) is 18.2 Å². The highest BCUT2D eigenvalue weighted by molar-refractivity contribution is 6.35. The maximum atomic E-state index is 12.2. The number of piperidine rings is 1. The summed E-state index contributed by atoms with van der Waals surface area (Å²) in [6, 6.07) is 5.64. The van der Waals surface area contributed by atoms with E-state index in [0.717, 1.165) is 25.7 Å². The number of nitrogens with zero attached hydrogens (tertiary/aromatic N) is 1. The molecule has 1 amide bonds. The molecule has 21 heavy (non-hydrogen) atoms. The van der Waals surface area contributed by atoms with E-state index in [0.29, 0.717) is 34.4 Å². The summed E-state index contributed by atoms with van der Waals surface area (Å²) in [4.78, 5) is 14.4. The van der Waals surface area contributed by atoms with E-state index < -0.39 is 0 Å². The van der Waals surface area contributed by atoms with E-state index in [1.807, 2.05) is 0 Å². The van der Waals surface area contributed by atoms with Crippen molar-refractivity contribution in [1.82, 2.24) is 4.90 Å². The van der Waals surface area contributed by atoms with Crippen LogP contribution in [-0.2, 0) is 4.79 Å². The van der Waals surface area contributed by atoms with E-state index in [9.17, 15) is 9.90 Å². The fraction of sp³-hybridized carbons (Fsp3) is 0.533. The Morgan fingerprint density at radius 1 is 1.29 bits per heavy atom. The lowest BCUT2D eigenvalue weighted by molar-refractivity contribution is -0.119. The van der Waals surface area contributed by atoms with E-state index in [2.05, 4.69) is 10.2 Å². The number of anilines is 1. The zero-order chi connectivity index (χ0) is 15.0. The summed E-state index contributed by atoms with van der Waals surface area (Å²) in [7, 11) is 0. The lowest BCUT2D eigenvalue weighted by atomic mass is 10.00. The third-order valence-corrected chi connectivity index (χ3v) is 4.95. The molecule has 2 fully saturated rings. The summed E-state index contributed by atoms with van der Waals surface area (Å²) < 4.78 is 0. The second-order valence-corrected chi connectivity index (χ2v) is 6.70. The lowest BCUT2D eigenvalue weighted by Crippen LogP contribution is -2.47. The minimum absolute atomic E-state index is 0.0903. The van der Waals surface area contributed by atoms with Crippen molar-refractivity contribution >= 4 is 34.8 Å². The second kappa shape index (κ2) is 6.13. The molecule has 4 nitrogen and oxygen atoms in total. The van der Waals surface area contributed by atoms with Crippen molar-refractivity contribution in [3.05, 3.63) is 28.2 Å². The molecule has 1 aromatic rings. The second-order valence-electron chi connectivity index (χ2n) is 5.85. The van der Waals surface area contributed by atoms with Gasteiger partial charge in [0.1, 0.15) is 0 Å². The van der Waals surface area contributed by atoms with Crippen LogP contribution in [0.25, 0.3) is 0 Å². The molecule has 2 aliphatic heterocycles. The van der Waals surface area contributed by atoms with Gasteiger partial charge in [-0.1, -0.05) is 23.2 Å². The van der Waals surface area contributed by atoms with Crippen LogP contribution in [-0.4, -0.2) is 40.6 Å². The highest BCUT2D eigenvalue weighted by Crippen LogP contribution is 2.35. The number of nitrogens with one attached hydrogen (secondary N) is 1. The first-order chi connectivity index (χ1) is 10.0. The van der Waals surface area contributed by atoms with Gasteiger partial charge in [-0.05, 0) is 43.9 Å². The monoisotopic (exact) mass is 328 g/mol. The molecule has 2 saturated heterocycles. The summed E-state index contributed by atoms with van der Waals surface area (Å²) in [5, 5.41) is 13.6. The van der Waals surface area contributed by atoms with E-state index in [-0.39, 0.29) is 12.0 Å². The molecule has 2 heterocycles. The van der Waals surface area contributed by atoms with Crippen LogP contribution in [0.3, 0.4) is 0 Å². The Morgan fingerprint density at radius 3 is 2.62 bits per heavy atom. The number of benzene rings is 1. The molecule has 1 aromatic carbocycles. The number of aliphatic hydroxyl groups is 1. The Balaban J connectivity index is 1.63. The van der Waals surface area contributed by atoms with Crippen LogP contribution in [0.2, 0.25) is 10.0 Å². The number of halogens is 2. The minimum atomic E-state index is -0.218. The summed E-state index contributed by atoms with van der Waals surface area (Å²) in [5.74, 6) is -0.0903. The summed E-state index contributed by atoms with van der Waals surface area (Å²) in [6.07, 6.45) is 3.44. The van der Waals surface area contributed by atoms with Crippen molar-refractivity contribution in [3.8, 4) is 0 Å². The molecule has 114 valence electrons. The number of amides is 1. The highest BCUT2D eigenvalue weighted by atomic mass is 35.5. The first-order valence-electron chi connectivity index (χ1n) is 7.21. The van der Waals surface area contributed by atoms with Crippen LogP contribution < -0.4 is 5.32 Å². The number of hydrogen-bond acceptors (Lipinski definition) is 3. The Hall–Kier alpha value is -0.810. The van der Waals surface area contributed by atoms with Gasteiger partial charge in [-0.2, -0.15) is 0 Å². The van der Waals surface area contributed by atoms with Gasteiger partial charge >= 0.3 is 0 Å². The molecule has 0 radical (unpaired) electrons. The first kappa shape index (κ1) is 15.1. The van der Waals surface area contributed by atoms with Gasteiger partial charge in [-0.3, -0.25) is 9.69 Å². The average Bonchev–Trinajstić information content (AvgIpc) is 2.66. The summed E-state index contributed by atoms with van der Waals surface area (Å²) in [6.45, 7) is 0.338. The van der Waals surface area contributed by atoms with Crippen LogP contribution in [0, 0.1) is 0 Å². The third-order valence-electron chi connectivity index (χ3n) is 4.39. The van der Waals surface area contributed by atoms with E-state index >= 15 is 0 Å². The zero-order valence-electron chi connectivity index (χ0n) is 11.6. The fourth-order valence-electron chi connectivity index (χ4n) is 3.45. The van der Waals surface area contributed by atoms with Gasteiger partial charge in [-0.25, -0.2) is 0 Å². The first-order valence-corrected chi connectivity index (χ1v) is 7.97. The van der Waals surface area contributed by atoms with Crippen LogP contribution in [0.4, 0.5) is 5.69 Å². The quantitative estimate of drug-likeness (QED) is 0.896. The van der Waals surface area contributed by atoms with Gasteiger partial charge in [0, 0.05) is 17.1 Å².